The maximum absolute atomic E-state index is 13.0. The molecule has 1 aliphatic heterocycles. The highest BCUT2D eigenvalue weighted by Crippen LogP contribution is 2.37. The normalized spacial score (nSPS) is 15.7. The first-order valence-corrected chi connectivity index (χ1v) is 11.2. The van der Waals surface area contributed by atoms with Crippen LogP contribution in [0.1, 0.15) is 39.1 Å². The van der Waals surface area contributed by atoms with Gasteiger partial charge in [0.15, 0.2) is 0 Å². The van der Waals surface area contributed by atoms with Crippen LogP contribution in [0.3, 0.4) is 0 Å². The Kier molecular flexibility index (Phi) is 5.90. The lowest BCUT2D eigenvalue weighted by Crippen LogP contribution is -2.31. The van der Waals surface area contributed by atoms with E-state index in [1.165, 1.54) is 4.90 Å². The predicted molar refractivity (Wildman–Crippen MR) is 115 cm³/mol. The van der Waals surface area contributed by atoms with Gasteiger partial charge in [0, 0.05) is 21.1 Å². The Hall–Kier alpha value is -2.02. The Morgan fingerprint density at radius 3 is 3.00 bits per heavy atom. The molecule has 0 radical (unpaired) electrons. The first-order valence-electron chi connectivity index (χ1n) is 8.96. The third-order valence-corrected chi connectivity index (χ3v) is 6.67. The standard InChI is InChI=1S/C21H19ClN2O2S2/c1-13-23-15(12-28-13)11-26-19-5-3-2-4-16(19)21(25)24-18-8-9-27-20-7-6-14(22)10-17(18)20/h2-7,10,12,18H,8-9,11H2,1H3,(H,24,25)/t18-/m0/s1. The van der Waals surface area contributed by atoms with E-state index >= 15 is 0 Å². The molecule has 28 heavy (non-hydrogen) atoms. The number of hydrogen-bond acceptors (Lipinski definition) is 5. The van der Waals surface area contributed by atoms with Gasteiger partial charge < -0.3 is 10.1 Å². The van der Waals surface area contributed by atoms with Crippen LogP contribution in [0.15, 0.2) is 52.7 Å². The summed E-state index contributed by atoms with van der Waals surface area (Å²) >= 11 is 9.55. The van der Waals surface area contributed by atoms with E-state index in [1.807, 2.05) is 48.7 Å². The summed E-state index contributed by atoms with van der Waals surface area (Å²) in [5, 5.41) is 6.81. The van der Waals surface area contributed by atoms with Crippen LogP contribution in [0.25, 0.3) is 0 Å². The average molecular weight is 431 g/mol. The molecule has 4 rings (SSSR count). The van der Waals surface area contributed by atoms with Crippen LogP contribution in [0.4, 0.5) is 0 Å². The lowest BCUT2D eigenvalue weighted by atomic mass is 10.0. The number of para-hydroxylation sites is 1. The second-order valence-corrected chi connectivity index (χ2v) is 9.12. The van der Waals surface area contributed by atoms with Crippen LogP contribution in [0.2, 0.25) is 5.02 Å². The molecule has 0 spiro atoms. The number of nitrogens with zero attached hydrogens (tertiary/aromatic N) is 1. The zero-order valence-electron chi connectivity index (χ0n) is 15.3. The molecular weight excluding hydrogens is 412 g/mol. The highest BCUT2D eigenvalue weighted by atomic mass is 35.5. The molecule has 0 saturated heterocycles. The molecule has 0 aliphatic carbocycles. The summed E-state index contributed by atoms with van der Waals surface area (Å²) in [4.78, 5) is 18.6. The minimum absolute atomic E-state index is 0.0586. The Morgan fingerprint density at radius 2 is 2.18 bits per heavy atom. The minimum Gasteiger partial charge on any atom is -0.486 e. The number of aromatic nitrogens is 1. The zero-order valence-corrected chi connectivity index (χ0v) is 17.7. The van der Waals surface area contributed by atoms with Crippen molar-refractivity contribution in [1.29, 1.82) is 0 Å². The van der Waals surface area contributed by atoms with Crippen LogP contribution in [0.5, 0.6) is 5.75 Å². The van der Waals surface area contributed by atoms with Crippen molar-refractivity contribution in [2.24, 2.45) is 0 Å². The van der Waals surface area contributed by atoms with Gasteiger partial charge in [0.05, 0.1) is 22.3 Å². The second-order valence-electron chi connectivity index (χ2n) is 6.49. The van der Waals surface area contributed by atoms with Gasteiger partial charge in [-0.25, -0.2) is 4.98 Å². The Morgan fingerprint density at radius 1 is 1.32 bits per heavy atom. The van der Waals surface area contributed by atoms with E-state index in [0.29, 0.717) is 22.9 Å². The number of benzene rings is 2. The van der Waals surface area contributed by atoms with Crippen LogP contribution in [-0.4, -0.2) is 16.6 Å². The fourth-order valence-electron chi connectivity index (χ4n) is 3.16. The Labute approximate surface area is 177 Å². The van der Waals surface area contributed by atoms with Crippen molar-refractivity contribution < 1.29 is 9.53 Å². The van der Waals surface area contributed by atoms with Crippen LogP contribution >= 0.6 is 34.7 Å². The first kappa shape index (κ1) is 19.3. The third kappa shape index (κ3) is 4.35. The topological polar surface area (TPSA) is 51.2 Å². The maximum atomic E-state index is 13.0. The number of ether oxygens (including phenoxy) is 1. The zero-order chi connectivity index (χ0) is 19.5. The van der Waals surface area contributed by atoms with Gasteiger partial charge in [-0.3, -0.25) is 4.79 Å². The largest absolute Gasteiger partial charge is 0.486 e. The number of hydrogen-bond donors (Lipinski definition) is 1. The summed E-state index contributed by atoms with van der Waals surface area (Å²) in [5.74, 6) is 1.37. The third-order valence-electron chi connectivity index (χ3n) is 4.49. The van der Waals surface area contributed by atoms with Crippen molar-refractivity contribution in [3.63, 3.8) is 0 Å². The van der Waals surface area contributed by atoms with E-state index in [-0.39, 0.29) is 11.9 Å². The summed E-state index contributed by atoms with van der Waals surface area (Å²) in [6, 6.07) is 13.1. The van der Waals surface area contributed by atoms with Crippen LogP contribution in [0, 0.1) is 6.92 Å². The fraction of sp³-hybridized carbons (Fsp3) is 0.238. The number of amides is 1. The molecule has 0 saturated carbocycles. The number of nitrogens with one attached hydrogen (secondary N) is 1. The van der Waals surface area contributed by atoms with Crippen molar-refractivity contribution in [2.75, 3.05) is 5.75 Å². The minimum atomic E-state index is -0.145. The van der Waals surface area contributed by atoms with Crippen molar-refractivity contribution in [2.45, 2.75) is 30.9 Å². The van der Waals surface area contributed by atoms with Crippen LogP contribution in [-0.2, 0) is 6.61 Å². The monoisotopic (exact) mass is 430 g/mol. The SMILES string of the molecule is Cc1nc(COc2ccccc2C(=O)N[C@H]2CCSc3ccc(Cl)cc32)cs1. The maximum Gasteiger partial charge on any atom is 0.255 e. The summed E-state index contributed by atoms with van der Waals surface area (Å²) < 4.78 is 5.89. The molecule has 0 fully saturated rings. The van der Waals surface area contributed by atoms with Gasteiger partial charge >= 0.3 is 0 Å². The number of aryl methyl sites for hydroxylation is 1. The number of thioether (sulfide) groups is 1. The van der Waals surface area contributed by atoms with Gasteiger partial charge in [-0.05, 0) is 49.2 Å². The summed E-state index contributed by atoms with van der Waals surface area (Å²) in [5.41, 5.74) is 2.47. The Balaban J connectivity index is 1.51. The number of rotatable bonds is 5. The van der Waals surface area contributed by atoms with Gasteiger partial charge in [-0.15, -0.1) is 23.1 Å². The van der Waals surface area contributed by atoms with E-state index in [2.05, 4.69) is 10.3 Å². The summed E-state index contributed by atoms with van der Waals surface area (Å²) in [6.07, 6.45) is 0.866. The highest BCUT2D eigenvalue weighted by Gasteiger charge is 2.24. The molecule has 1 N–H and O–H groups in total. The van der Waals surface area contributed by atoms with E-state index in [1.54, 1.807) is 29.2 Å². The van der Waals surface area contributed by atoms with Gasteiger partial charge in [0.1, 0.15) is 12.4 Å². The molecule has 3 aromatic rings. The molecule has 0 bridgehead atoms. The summed E-state index contributed by atoms with van der Waals surface area (Å²) in [6.45, 7) is 2.30. The van der Waals surface area contributed by atoms with E-state index in [4.69, 9.17) is 16.3 Å². The van der Waals surface area contributed by atoms with Crippen molar-refractivity contribution in [3.05, 3.63) is 74.7 Å². The number of halogens is 1. The van der Waals surface area contributed by atoms with Gasteiger partial charge in [-0.2, -0.15) is 0 Å². The van der Waals surface area contributed by atoms with E-state index in [9.17, 15) is 4.79 Å². The molecule has 144 valence electrons. The molecular formula is C21H19ClN2O2S2. The molecule has 0 unspecified atom stereocenters. The van der Waals surface area contributed by atoms with Gasteiger partial charge in [0.25, 0.3) is 5.91 Å². The van der Waals surface area contributed by atoms with E-state index in [0.717, 1.165) is 28.4 Å². The molecule has 1 amide bonds. The number of thiazole rings is 1. The predicted octanol–water partition coefficient (Wildman–Crippen LogP) is 5.65. The van der Waals surface area contributed by atoms with Crippen molar-refractivity contribution in [3.8, 4) is 5.75 Å². The van der Waals surface area contributed by atoms with E-state index < -0.39 is 0 Å². The number of carbonyl (C=O) groups excluding carboxylic acids is 1. The van der Waals surface area contributed by atoms with Crippen LogP contribution < -0.4 is 10.1 Å². The molecule has 4 nitrogen and oxygen atoms in total. The van der Waals surface area contributed by atoms with Gasteiger partial charge in [-0.1, -0.05) is 23.7 Å². The smallest absolute Gasteiger partial charge is 0.255 e. The number of carbonyl (C=O) groups is 1. The molecule has 2 aromatic carbocycles. The lowest BCUT2D eigenvalue weighted by molar-refractivity contribution is 0.0930. The quantitative estimate of drug-likeness (QED) is 0.568. The number of fused-ring (bicyclic) bond motifs is 1. The molecule has 1 aliphatic rings. The van der Waals surface area contributed by atoms with Crippen molar-refractivity contribution >= 4 is 40.6 Å². The molecule has 7 heteroatoms. The average Bonchev–Trinajstić information content (AvgIpc) is 3.12. The Bertz CT molecular complexity index is 1010. The fourth-order valence-corrected chi connectivity index (χ4v) is 5.04. The first-order chi connectivity index (χ1) is 13.6. The molecule has 1 atom stereocenters. The lowest BCUT2D eigenvalue weighted by Gasteiger charge is -2.26. The highest BCUT2D eigenvalue weighted by molar-refractivity contribution is 7.99. The van der Waals surface area contributed by atoms with Gasteiger partial charge in [0.2, 0.25) is 0 Å². The van der Waals surface area contributed by atoms with Crippen molar-refractivity contribution in [1.82, 2.24) is 10.3 Å². The second kappa shape index (κ2) is 8.55. The molecule has 1 aromatic heterocycles. The molecule has 2 heterocycles. The summed E-state index contributed by atoms with van der Waals surface area (Å²) in [7, 11) is 0.